The third kappa shape index (κ3) is 2.05. The summed E-state index contributed by atoms with van der Waals surface area (Å²) in [7, 11) is 0. The van der Waals surface area contributed by atoms with Crippen LogP contribution < -0.4 is 4.90 Å². The van der Waals surface area contributed by atoms with Crippen molar-refractivity contribution in [3.63, 3.8) is 0 Å². The molecule has 0 amide bonds. The molecule has 0 radical (unpaired) electrons. The Morgan fingerprint density at radius 3 is 2.81 bits per heavy atom. The van der Waals surface area contributed by atoms with E-state index in [2.05, 4.69) is 11.8 Å². The second kappa shape index (κ2) is 4.42. The fraction of sp³-hybridized carbons (Fsp3) is 0.538. The number of nitrogens with zero attached hydrogens (tertiary/aromatic N) is 1. The summed E-state index contributed by atoms with van der Waals surface area (Å²) in [4.78, 5) is 2.16. The number of benzene rings is 1. The van der Waals surface area contributed by atoms with Crippen molar-refractivity contribution < 1.29 is 9.50 Å². The number of hydrogen-bond acceptors (Lipinski definition) is 2. The van der Waals surface area contributed by atoms with Gasteiger partial charge >= 0.3 is 0 Å². The highest BCUT2D eigenvalue weighted by molar-refractivity contribution is 5.55. The lowest BCUT2D eigenvalue weighted by Crippen LogP contribution is -2.21. The monoisotopic (exact) mass is 223 g/mol. The van der Waals surface area contributed by atoms with Crippen molar-refractivity contribution in [2.45, 2.75) is 26.4 Å². The van der Waals surface area contributed by atoms with E-state index in [4.69, 9.17) is 0 Å². The summed E-state index contributed by atoms with van der Waals surface area (Å²) in [5.41, 5.74) is 1.27. The SMILES string of the molecule is CC1CCN(c2cccc(F)c2[C@H](C)O)C1. The molecule has 0 saturated carbocycles. The van der Waals surface area contributed by atoms with E-state index in [0.717, 1.165) is 25.2 Å². The normalized spacial score (nSPS) is 22.5. The van der Waals surface area contributed by atoms with E-state index in [1.807, 2.05) is 6.07 Å². The number of rotatable bonds is 2. The van der Waals surface area contributed by atoms with Gasteiger partial charge in [0.2, 0.25) is 0 Å². The molecule has 1 aromatic rings. The minimum absolute atomic E-state index is 0.313. The smallest absolute Gasteiger partial charge is 0.131 e. The summed E-state index contributed by atoms with van der Waals surface area (Å²) in [6.07, 6.45) is 0.377. The molecule has 88 valence electrons. The van der Waals surface area contributed by atoms with E-state index in [0.29, 0.717) is 11.5 Å². The predicted molar refractivity (Wildman–Crippen MR) is 63.0 cm³/mol. The van der Waals surface area contributed by atoms with E-state index in [-0.39, 0.29) is 5.82 Å². The minimum Gasteiger partial charge on any atom is -0.389 e. The standard InChI is InChI=1S/C13H18FNO/c1-9-6-7-15(8-9)12-5-3-4-11(14)13(12)10(2)16/h3-5,9-10,16H,6-8H2,1-2H3/t9?,10-/m0/s1. The molecule has 1 fully saturated rings. The van der Waals surface area contributed by atoms with Crippen LogP contribution in [0.2, 0.25) is 0 Å². The van der Waals surface area contributed by atoms with Crippen molar-refractivity contribution in [1.29, 1.82) is 0 Å². The highest BCUT2D eigenvalue weighted by Crippen LogP contribution is 2.32. The van der Waals surface area contributed by atoms with Crippen molar-refractivity contribution in [2.24, 2.45) is 5.92 Å². The van der Waals surface area contributed by atoms with Gasteiger partial charge in [0.1, 0.15) is 5.82 Å². The lowest BCUT2D eigenvalue weighted by atomic mass is 10.1. The zero-order chi connectivity index (χ0) is 11.7. The molecule has 0 bridgehead atoms. The average molecular weight is 223 g/mol. The molecule has 2 nitrogen and oxygen atoms in total. The number of halogens is 1. The molecule has 0 aliphatic carbocycles. The van der Waals surface area contributed by atoms with Crippen molar-refractivity contribution in [2.75, 3.05) is 18.0 Å². The molecular weight excluding hydrogens is 205 g/mol. The molecule has 2 rings (SSSR count). The molecule has 2 atom stereocenters. The number of anilines is 1. The van der Waals surface area contributed by atoms with Gasteiger partial charge in [-0.05, 0) is 31.4 Å². The Bertz CT molecular complexity index is 378. The maximum Gasteiger partial charge on any atom is 0.131 e. The largest absolute Gasteiger partial charge is 0.389 e. The molecule has 3 heteroatoms. The lowest BCUT2D eigenvalue weighted by molar-refractivity contribution is 0.194. The lowest BCUT2D eigenvalue weighted by Gasteiger charge is -2.23. The number of aliphatic hydroxyl groups is 1. The predicted octanol–water partition coefficient (Wildman–Crippen LogP) is 2.73. The van der Waals surface area contributed by atoms with Crippen LogP contribution in [0.4, 0.5) is 10.1 Å². The zero-order valence-corrected chi connectivity index (χ0v) is 9.78. The summed E-state index contributed by atoms with van der Waals surface area (Å²) in [6, 6.07) is 5.01. The summed E-state index contributed by atoms with van der Waals surface area (Å²) >= 11 is 0. The van der Waals surface area contributed by atoms with Gasteiger partial charge in [-0.2, -0.15) is 0 Å². The van der Waals surface area contributed by atoms with Crippen LogP contribution in [0.25, 0.3) is 0 Å². The Kier molecular flexibility index (Phi) is 3.15. The van der Waals surface area contributed by atoms with Crippen LogP contribution in [-0.2, 0) is 0 Å². The highest BCUT2D eigenvalue weighted by atomic mass is 19.1. The summed E-state index contributed by atoms with van der Waals surface area (Å²) in [5, 5.41) is 9.64. The number of hydrogen-bond donors (Lipinski definition) is 1. The summed E-state index contributed by atoms with van der Waals surface area (Å²) < 4.78 is 13.7. The van der Waals surface area contributed by atoms with Crippen LogP contribution in [0.15, 0.2) is 18.2 Å². The second-order valence-corrected chi connectivity index (χ2v) is 4.69. The van der Waals surface area contributed by atoms with Crippen LogP contribution in [0, 0.1) is 11.7 Å². The Balaban J connectivity index is 2.36. The molecule has 1 saturated heterocycles. The van der Waals surface area contributed by atoms with Crippen molar-refractivity contribution >= 4 is 5.69 Å². The maximum atomic E-state index is 13.7. The summed E-state index contributed by atoms with van der Waals surface area (Å²) in [6.45, 7) is 5.70. The third-order valence-corrected chi connectivity index (χ3v) is 3.21. The van der Waals surface area contributed by atoms with E-state index < -0.39 is 6.10 Å². The fourth-order valence-corrected chi connectivity index (χ4v) is 2.37. The van der Waals surface area contributed by atoms with Crippen molar-refractivity contribution in [3.8, 4) is 0 Å². The van der Waals surface area contributed by atoms with Gasteiger partial charge in [-0.25, -0.2) is 4.39 Å². The van der Waals surface area contributed by atoms with Crippen molar-refractivity contribution in [3.05, 3.63) is 29.6 Å². The Morgan fingerprint density at radius 1 is 1.50 bits per heavy atom. The first-order chi connectivity index (χ1) is 7.59. The van der Waals surface area contributed by atoms with Gasteiger partial charge in [0, 0.05) is 24.3 Å². The van der Waals surface area contributed by atoms with E-state index >= 15 is 0 Å². The van der Waals surface area contributed by atoms with Crippen LogP contribution in [0.5, 0.6) is 0 Å². The highest BCUT2D eigenvalue weighted by Gasteiger charge is 2.23. The van der Waals surface area contributed by atoms with Gasteiger partial charge in [-0.15, -0.1) is 0 Å². The first kappa shape index (κ1) is 11.4. The van der Waals surface area contributed by atoms with Gasteiger partial charge in [0.05, 0.1) is 6.10 Å². The van der Waals surface area contributed by atoms with Gasteiger partial charge < -0.3 is 10.0 Å². The molecule has 0 aromatic heterocycles. The van der Waals surface area contributed by atoms with Gasteiger partial charge in [-0.3, -0.25) is 0 Å². The zero-order valence-electron chi connectivity index (χ0n) is 9.78. The van der Waals surface area contributed by atoms with E-state index in [1.54, 1.807) is 13.0 Å². The van der Waals surface area contributed by atoms with E-state index in [1.165, 1.54) is 6.07 Å². The Labute approximate surface area is 95.7 Å². The van der Waals surface area contributed by atoms with Gasteiger partial charge in [-0.1, -0.05) is 13.0 Å². The molecule has 16 heavy (non-hydrogen) atoms. The molecule has 1 aliphatic rings. The molecular formula is C13H18FNO. The topological polar surface area (TPSA) is 23.5 Å². The van der Waals surface area contributed by atoms with Gasteiger partial charge in [0.25, 0.3) is 0 Å². The first-order valence-electron chi connectivity index (χ1n) is 5.81. The minimum atomic E-state index is -0.757. The Morgan fingerprint density at radius 2 is 2.25 bits per heavy atom. The Hall–Kier alpha value is -1.09. The first-order valence-corrected chi connectivity index (χ1v) is 5.81. The molecule has 1 aromatic carbocycles. The molecule has 1 aliphatic heterocycles. The van der Waals surface area contributed by atoms with Gasteiger partial charge in [0.15, 0.2) is 0 Å². The van der Waals surface area contributed by atoms with E-state index in [9.17, 15) is 9.50 Å². The van der Waals surface area contributed by atoms with Crippen LogP contribution >= 0.6 is 0 Å². The molecule has 1 N–H and O–H groups in total. The summed E-state index contributed by atoms with van der Waals surface area (Å²) in [5.74, 6) is 0.331. The van der Waals surface area contributed by atoms with Crippen LogP contribution in [0.3, 0.4) is 0 Å². The van der Waals surface area contributed by atoms with Crippen LogP contribution in [0.1, 0.15) is 31.9 Å². The molecule has 1 heterocycles. The van der Waals surface area contributed by atoms with Crippen LogP contribution in [-0.4, -0.2) is 18.2 Å². The molecule has 1 unspecified atom stereocenters. The average Bonchev–Trinajstić information content (AvgIpc) is 2.63. The maximum absolute atomic E-state index is 13.7. The quantitative estimate of drug-likeness (QED) is 0.833. The third-order valence-electron chi connectivity index (χ3n) is 3.21. The molecule has 0 spiro atoms. The second-order valence-electron chi connectivity index (χ2n) is 4.69. The van der Waals surface area contributed by atoms with Crippen molar-refractivity contribution in [1.82, 2.24) is 0 Å². The fourth-order valence-electron chi connectivity index (χ4n) is 2.37. The number of aliphatic hydroxyl groups excluding tert-OH is 1.